The Balaban J connectivity index is 0.000000273. The monoisotopic (exact) mass is 570 g/mol. The minimum atomic E-state index is -3.57. The van der Waals surface area contributed by atoms with Gasteiger partial charge in [0.15, 0.2) is 0 Å². The zero-order valence-electron chi connectivity index (χ0n) is 17.2. The van der Waals surface area contributed by atoms with E-state index in [0.717, 1.165) is 16.7 Å². The fourth-order valence-corrected chi connectivity index (χ4v) is 4.65. The summed E-state index contributed by atoms with van der Waals surface area (Å²) in [4.78, 5) is 2.98. The molecule has 0 aliphatic rings. The number of nitrogens with zero attached hydrogens (tertiary/aromatic N) is 3. The Morgan fingerprint density at radius 3 is 1.88 bits per heavy atom. The van der Waals surface area contributed by atoms with Gasteiger partial charge in [0.2, 0.25) is 10.0 Å². The van der Waals surface area contributed by atoms with E-state index in [-0.39, 0.29) is 22.9 Å². The fourth-order valence-electron chi connectivity index (χ4n) is 2.49. The highest BCUT2D eigenvalue weighted by atomic mass is 79.9. The van der Waals surface area contributed by atoms with Crippen LogP contribution in [0.2, 0.25) is 0 Å². The van der Waals surface area contributed by atoms with E-state index >= 15 is 0 Å². The summed E-state index contributed by atoms with van der Waals surface area (Å²) < 4.78 is 48.4. The van der Waals surface area contributed by atoms with Crippen LogP contribution in [0, 0.1) is 0 Å². The lowest BCUT2D eigenvalue weighted by Crippen LogP contribution is -2.23. The number of hydrogen-bond acceptors (Lipinski definition) is 5. The van der Waals surface area contributed by atoms with Gasteiger partial charge in [-0.15, -0.1) is 0 Å². The second-order valence-electron chi connectivity index (χ2n) is 6.56. The zero-order valence-corrected chi connectivity index (χ0v) is 21.1. The van der Waals surface area contributed by atoms with Crippen molar-refractivity contribution in [3.63, 3.8) is 0 Å². The highest BCUT2D eigenvalue weighted by Crippen LogP contribution is 2.16. The Labute approximate surface area is 205 Å². The second kappa shape index (κ2) is 12.7. The molecule has 0 aliphatic heterocycles. The molecule has 174 valence electrons. The molecule has 8 nitrogen and oxygen atoms in total. The molecule has 0 heterocycles. The molecule has 0 fully saturated rings. The molecule has 0 radical (unpaired) electrons. The van der Waals surface area contributed by atoms with Crippen LogP contribution in [-0.2, 0) is 37.5 Å². The van der Waals surface area contributed by atoms with Crippen molar-refractivity contribution in [2.45, 2.75) is 28.2 Å². The first kappa shape index (κ1) is 26.8. The van der Waals surface area contributed by atoms with Gasteiger partial charge in [-0.05, 0) is 46.5 Å². The van der Waals surface area contributed by atoms with E-state index in [1.807, 2.05) is 30.3 Å². The molecule has 0 aromatic heterocycles. The molecule has 3 aromatic rings. The molecular formula is C21H20BrClN4O4S2. The molecule has 0 spiro atoms. The summed E-state index contributed by atoms with van der Waals surface area (Å²) in [6.45, 7) is 0.442. The fraction of sp³-hybridized carbons (Fsp3) is 0.143. The van der Waals surface area contributed by atoms with Crippen molar-refractivity contribution < 1.29 is 16.8 Å². The summed E-state index contributed by atoms with van der Waals surface area (Å²) in [6, 6.07) is 21.9. The highest BCUT2D eigenvalue weighted by molar-refractivity contribution is 9.08. The first-order valence-corrected chi connectivity index (χ1v) is 14.3. The molecular weight excluding hydrogens is 552 g/mol. The number of rotatable bonds is 8. The number of nitrogens with one attached hydrogen (secondary N) is 1. The van der Waals surface area contributed by atoms with Crippen molar-refractivity contribution in [3.05, 3.63) is 106 Å². The zero-order chi connectivity index (χ0) is 24.3. The third kappa shape index (κ3) is 9.17. The first-order valence-electron chi connectivity index (χ1n) is 9.38. The van der Waals surface area contributed by atoms with Gasteiger partial charge in [0.25, 0.3) is 9.05 Å². The van der Waals surface area contributed by atoms with Crippen LogP contribution < -0.4 is 4.72 Å². The van der Waals surface area contributed by atoms with Crippen LogP contribution in [0.25, 0.3) is 10.4 Å². The van der Waals surface area contributed by atoms with Crippen LogP contribution in [0.15, 0.2) is 93.8 Å². The SMILES string of the molecule is O=S(=O)(Cl)c1ccc(CBr)cc1.[N-]=[N+]=NCc1ccc(S(=O)(=O)NCc2ccccc2)cc1. The average molecular weight is 572 g/mol. The van der Waals surface area contributed by atoms with Crippen molar-refractivity contribution in [1.29, 1.82) is 0 Å². The van der Waals surface area contributed by atoms with E-state index in [9.17, 15) is 16.8 Å². The number of benzene rings is 3. The Kier molecular flexibility index (Phi) is 10.4. The Hall–Kier alpha value is -2.40. The van der Waals surface area contributed by atoms with Gasteiger partial charge in [-0.2, -0.15) is 0 Å². The number of azide groups is 1. The van der Waals surface area contributed by atoms with Gasteiger partial charge in [0.1, 0.15) is 0 Å². The Bertz CT molecular complexity index is 1300. The maximum absolute atomic E-state index is 12.1. The molecule has 0 aliphatic carbocycles. The predicted octanol–water partition coefficient (Wildman–Crippen LogP) is 5.48. The summed E-state index contributed by atoms with van der Waals surface area (Å²) >= 11 is 3.25. The molecule has 0 bridgehead atoms. The van der Waals surface area contributed by atoms with E-state index < -0.39 is 19.1 Å². The predicted molar refractivity (Wildman–Crippen MR) is 132 cm³/mol. The van der Waals surface area contributed by atoms with Crippen molar-refractivity contribution >= 4 is 45.7 Å². The summed E-state index contributed by atoms with van der Waals surface area (Å²) in [7, 11) is -2.01. The van der Waals surface area contributed by atoms with E-state index in [1.54, 1.807) is 24.3 Å². The standard InChI is InChI=1S/C14H14N4O2S.C7H6BrClO2S/c15-18-16-10-13-6-8-14(9-7-13)21(19,20)17-11-12-4-2-1-3-5-12;8-5-6-1-3-7(4-2-6)12(9,10)11/h1-9,17H,10-11H2;1-4H,5H2. The number of alkyl halides is 1. The van der Waals surface area contributed by atoms with Crippen LogP contribution in [0.4, 0.5) is 0 Å². The maximum Gasteiger partial charge on any atom is 0.261 e. The summed E-state index contributed by atoms with van der Waals surface area (Å²) in [6.07, 6.45) is 0. The third-order valence-electron chi connectivity index (χ3n) is 4.22. The largest absolute Gasteiger partial charge is 0.261 e. The molecule has 0 saturated carbocycles. The van der Waals surface area contributed by atoms with Gasteiger partial charge >= 0.3 is 0 Å². The molecule has 1 N–H and O–H groups in total. The first-order chi connectivity index (χ1) is 15.7. The Morgan fingerprint density at radius 2 is 1.36 bits per heavy atom. The summed E-state index contributed by atoms with van der Waals surface area (Å²) in [5.41, 5.74) is 10.9. The van der Waals surface area contributed by atoms with Gasteiger partial charge in [-0.3, -0.25) is 0 Å². The number of sulfonamides is 1. The van der Waals surface area contributed by atoms with Crippen LogP contribution >= 0.6 is 26.6 Å². The highest BCUT2D eigenvalue weighted by Gasteiger charge is 2.13. The van der Waals surface area contributed by atoms with Crippen molar-refractivity contribution in [1.82, 2.24) is 4.72 Å². The van der Waals surface area contributed by atoms with E-state index in [2.05, 4.69) is 30.7 Å². The van der Waals surface area contributed by atoms with Gasteiger partial charge in [-0.25, -0.2) is 21.6 Å². The summed E-state index contributed by atoms with van der Waals surface area (Å²) in [5.74, 6) is 0. The second-order valence-corrected chi connectivity index (χ2v) is 11.5. The molecule has 0 atom stereocenters. The topological polar surface area (TPSA) is 129 Å². The van der Waals surface area contributed by atoms with Crippen LogP contribution in [0.3, 0.4) is 0 Å². The van der Waals surface area contributed by atoms with Crippen LogP contribution in [0.5, 0.6) is 0 Å². The van der Waals surface area contributed by atoms with Crippen molar-refractivity contribution in [2.24, 2.45) is 5.11 Å². The van der Waals surface area contributed by atoms with Gasteiger partial charge in [0.05, 0.1) is 16.3 Å². The van der Waals surface area contributed by atoms with Crippen molar-refractivity contribution in [2.75, 3.05) is 0 Å². The van der Waals surface area contributed by atoms with E-state index in [0.29, 0.717) is 5.33 Å². The maximum atomic E-state index is 12.1. The molecule has 3 aromatic carbocycles. The van der Waals surface area contributed by atoms with Crippen LogP contribution in [-0.4, -0.2) is 16.8 Å². The number of hydrogen-bond donors (Lipinski definition) is 1. The number of halogens is 2. The molecule has 3 rings (SSSR count). The normalized spacial score (nSPS) is 11.1. The molecule has 0 saturated heterocycles. The van der Waals surface area contributed by atoms with Crippen molar-refractivity contribution in [3.8, 4) is 0 Å². The average Bonchev–Trinajstić information content (AvgIpc) is 2.82. The molecule has 0 unspecified atom stereocenters. The van der Waals surface area contributed by atoms with Gasteiger partial charge in [-0.1, -0.05) is 75.6 Å². The lowest BCUT2D eigenvalue weighted by Gasteiger charge is -2.07. The molecule has 33 heavy (non-hydrogen) atoms. The minimum absolute atomic E-state index is 0.133. The quantitative estimate of drug-likeness (QED) is 0.126. The third-order valence-corrected chi connectivity index (χ3v) is 7.65. The van der Waals surface area contributed by atoms with Gasteiger partial charge in [0, 0.05) is 27.5 Å². The summed E-state index contributed by atoms with van der Waals surface area (Å²) in [5, 5.41) is 4.13. The van der Waals surface area contributed by atoms with E-state index in [4.69, 9.17) is 16.2 Å². The smallest absolute Gasteiger partial charge is 0.207 e. The Morgan fingerprint density at radius 1 is 0.818 bits per heavy atom. The minimum Gasteiger partial charge on any atom is -0.207 e. The lowest BCUT2D eigenvalue weighted by molar-refractivity contribution is 0.581. The molecule has 0 amide bonds. The lowest BCUT2D eigenvalue weighted by atomic mass is 10.2. The van der Waals surface area contributed by atoms with Crippen LogP contribution in [0.1, 0.15) is 16.7 Å². The van der Waals surface area contributed by atoms with Gasteiger partial charge < -0.3 is 0 Å². The van der Waals surface area contributed by atoms with E-state index in [1.165, 1.54) is 24.3 Å². The molecule has 12 heteroatoms.